The molecule has 0 rings (SSSR count). The summed E-state index contributed by atoms with van der Waals surface area (Å²) in [6.45, 7) is 16.0. The first-order valence-corrected chi connectivity index (χ1v) is 28.1. The highest BCUT2D eigenvalue weighted by atomic mass is 32.2. The summed E-state index contributed by atoms with van der Waals surface area (Å²) in [5.74, 6) is 2.95. The monoisotopic (exact) mass is 913 g/mol. The van der Waals surface area contributed by atoms with Crippen LogP contribution in [-0.4, -0.2) is 109 Å². The largest absolute Gasteiger partial charge is 0.697 e. The molecule has 324 valence electrons. The van der Waals surface area contributed by atoms with Crippen LogP contribution in [0.5, 0.6) is 0 Å². The van der Waals surface area contributed by atoms with Crippen LogP contribution in [0.2, 0.25) is 0 Å². The van der Waals surface area contributed by atoms with Crippen LogP contribution in [0.25, 0.3) is 0 Å². The summed E-state index contributed by atoms with van der Waals surface area (Å²) >= 11 is 0. The van der Waals surface area contributed by atoms with E-state index in [1.165, 1.54) is 0 Å². The Bertz CT molecular complexity index is 1220. The lowest BCUT2D eigenvalue weighted by Gasteiger charge is -2.24. The molecule has 0 saturated heterocycles. The molecule has 0 aliphatic heterocycles. The molecule has 54 heavy (non-hydrogen) atoms. The van der Waals surface area contributed by atoms with Crippen molar-refractivity contribution in [3.63, 3.8) is 0 Å². The Labute approximate surface area is 334 Å². The fourth-order valence-electron chi connectivity index (χ4n) is 4.55. The van der Waals surface area contributed by atoms with Gasteiger partial charge in [-0.2, -0.15) is 0 Å². The van der Waals surface area contributed by atoms with Crippen molar-refractivity contribution < 1.29 is 68.2 Å². The quantitative estimate of drug-likeness (QED) is 0.0533. The standard InChI is InChI=1S/C32H67O15P3S4/c1-29(2,13-21-51(40)25-27-53(42)23-15-31(5,6)11-19-46-49(34,35)36)9-17-44-48(33)45-18-10-30(3,4)14-22-52(41)26-28-54(43)24-16-32(7,8)12-20-47-50(37,38)39/h9-28H2,1-8H3,(H3-,34,35,36,37,38,39)/p+1. The maximum absolute atomic E-state index is 12.6. The van der Waals surface area contributed by atoms with Gasteiger partial charge < -0.3 is 19.6 Å². The molecule has 0 bridgehead atoms. The molecule has 0 aliphatic carbocycles. The zero-order valence-electron chi connectivity index (χ0n) is 33.4. The fourth-order valence-corrected chi connectivity index (χ4v) is 12.7. The maximum atomic E-state index is 12.6. The molecule has 0 heterocycles. The molecule has 0 radical (unpaired) electrons. The van der Waals surface area contributed by atoms with Crippen molar-refractivity contribution in [1.82, 2.24) is 0 Å². The number of hydrogen-bond donors (Lipinski definition) is 4. The van der Waals surface area contributed by atoms with E-state index in [9.17, 15) is 30.5 Å². The Morgan fingerprint density at radius 2 is 0.648 bits per heavy atom. The average Bonchev–Trinajstić information content (AvgIpc) is 3.01. The van der Waals surface area contributed by atoms with Gasteiger partial charge in [-0.3, -0.25) is 25.9 Å². The highest BCUT2D eigenvalue weighted by molar-refractivity contribution is 7.89. The molecule has 0 aromatic carbocycles. The van der Waals surface area contributed by atoms with Crippen LogP contribution in [0.1, 0.15) is 107 Å². The van der Waals surface area contributed by atoms with E-state index >= 15 is 0 Å². The van der Waals surface area contributed by atoms with Crippen molar-refractivity contribution in [2.75, 3.05) is 72.5 Å². The Morgan fingerprint density at radius 1 is 0.426 bits per heavy atom. The van der Waals surface area contributed by atoms with Crippen LogP contribution < -0.4 is 0 Å². The summed E-state index contributed by atoms with van der Waals surface area (Å²) in [6, 6.07) is 0. The van der Waals surface area contributed by atoms with Gasteiger partial charge in [0.05, 0.1) is 13.2 Å². The second-order valence-corrected chi connectivity index (χ2v) is 26.8. The molecule has 0 aromatic heterocycles. The van der Waals surface area contributed by atoms with Crippen LogP contribution in [0.4, 0.5) is 0 Å². The first-order chi connectivity index (χ1) is 24.5. The highest BCUT2D eigenvalue weighted by Gasteiger charge is 2.28. The van der Waals surface area contributed by atoms with Gasteiger partial charge in [0, 0.05) is 93.8 Å². The second kappa shape index (κ2) is 26.1. The normalized spacial score (nSPS) is 16.3. The lowest BCUT2D eigenvalue weighted by Crippen LogP contribution is -2.21. The van der Waals surface area contributed by atoms with Gasteiger partial charge in [0.1, 0.15) is 13.2 Å². The van der Waals surface area contributed by atoms with Crippen molar-refractivity contribution in [2.24, 2.45) is 21.7 Å². The van der Waals surface area contributed by atoms with Gasteiger partial charge in [0.25, 0.3) is 0 Å². The van der Waals surface area contributed by atoms with Gasteiger partial charge >= 0.3 is 23.9 Å². The summed E-state index contributed by atoms with van der Waals surface area (Å²) < 4.78 is 104. The van der Waals surface area contributed by atoms with Crippen LogP contribution in [-0.2, 0) is 75.0 Å². The maximum Gasteiger partial charge on any atom is 0.697 e. The third-order valence-electron chi connectivity index (χ3n) is 9.13. The van der Waals surface area contributed by atoms with Crippen molar-refractivity contribution in [3.05, 3.63) is 0 Å². The van der Waals surface area contributed by atoms with Crippen LogP contribution >= 0.6 is 23.9 Å². The van der Waals surface area contributed by atoms with Gasteiger partial charge in [-0.05, 0) is 73.0 Å². The molecule has 0 spiro atoms. The Morgan fingerprint density at radius 3 is 0.870 bits per heavy atom. The van der Waals surface area contributed by atoms with E-state index in [1.54, 1.807) is 0 Å². The van der Waals surface area contributed by atoms with Crippen LogP contribution in [0.15, 0.2) is 0 Å². The van der Waals surface area contributed by atoms with Crippen molar-refractivity contribution in [3.8, 4) is 0 Å². The average molecular weight is 914 g/mol. The summed E-state index contributed by atoms with van der Waals surface area (Å²) in [4.78, 5) is 35.3. The molecule has 4 unspecified atom stereocenters. The summed E-state index contributed by atoms with van der Waals surface area (Å²) in [5.41, 5.74) is -1.07. The number of phosphoric acid groups is 2. The molecule has 15 nitrogen and oxygen atoms in total. The van der Waals surface area contributed by atoms with Crippen LogP contribution in [0, 0.1) is 21.7 Å². The minimum Gasteiger partial charge on any atom is -0.303 e. The molecule has 0 aliphatic rings. The molecule has 22 heteroatoms. The molecule has 4 N–H and O–H groups in total. The van der Waals surface area contributed by atoms with E-state index in [0.717, 1.165) is 0 Å². The van der Waals surface area contributed by atoms with E-state index < -0.39 is 67.1 Å². The van der Waals surface area contributed by atoms with E-state index in [-0.39, 0.29) is 48.1 Å². The van der Waals surface area contributed by atoms with Crippen molar-refractivity contribution in [2.45, 2.75) is 107 Å². The Hall–Kier alpha value is 0.840. The third kappa shape index (κ3) is 33.8. The molecule has 0 amide bonds. The molecule has 4 atom stereocenters. The Kier molecular flexibility index (Phi) is 26.5. The molecule has 0 saturated carbocycles. The smallest absolute Gasteiger partial charge is 0.303 e. The van der Waals surface area contributed by atoms with Gasteiger partial charge in [0.2, 0.25) is 0 Å². The highest BCUT2D eigenvalue weighted by Crippen LogP contribution is 2.39. The molecule has 0 aromatic rings. The van der Waals surface area contributed by atoms with Crippen LogP contribution in [0.3, 0.4) is 0 Å². The topological polar surface area (TPSA) is 237 Å². The summed E-state index contributed by atoms with van der Waals surface area (Å²) in [6.07, 6.45) is 4.42. The van der Waals surface area contributed by atoms with Gasteiger partial charge in [-0.1, -0.05) is 55.4 Å². The second-order valence-electron chi connectivity index (χ2n) is 16.6. The minimum atomic E-state index is -4.51. The number of phosphoric ester groups is 2. The minimum absolute atomic E-state index is 0.0897. The predicted molar refractivity (Wildman–Crippen MR) is 219 cm³/mol. The van der Waals surface area contributed by atoms with Gasteiger partial charge in [-0.15, -0.1) is 9.05 Å². The van der Waals surface area contributed by atoms with Crippen molar-refractivity contribution >= 4 is 67.1 Å². The zero-order chi connectivity index (χ0) is 41.9. The van der Waals surface area contributed by atoms with Gasteiger partial charge in [0.15, 0.2) is 0 Å². The lowest BCUT2D eigenvalue weighted by molar-refractivity contribution is 0.163. The summed E-state index contributed by atoms with van der Waals surface area (Å²) in [5, 5.41) is 0. The number of hydrogen-bond acceptors (Lipinski definition) is 11. The lowest BCUT2D eigenvalue weighted by atomic mass is 9.87. The van der Waals surface area contributed by atoms with Gasteiger partial charge in [-0.25, -0.2) is 9.13 Å². The van der Waals surface area contributed by atoms with E-state index in [2.05, 4.69) is 9.05 Å². The molecular formula is C32H68O15P3S4+. The number of rotatable bonds is 34. The summed E-state index contributed by atoms with van der Waals surface area (Å²) in [7, 11) is -16.0. The third-order valence-corrected chi connectivity index (χ3v) is 16.7. The molecule has 0 fully saturated rings. The van der Waals surface area contributed by atoms with Crippen molar-refractivity contribution in [1.29, 1.82) is 0 Å². The predicted octanol–water partition coefficient (Wildman–Crippen LogP) is 6.12. The fraction of sp³-hybridized carbons (Fsp3) is 1.00. The molecular weight excluding hydrogens is 846 g/mol. The van der Waals surface area contributed by atoms with E-state index in [4.69, 9.17) is 28.6 Å². The first kappa shape index (κ1) is 54.8. The Balaban J connectivity index is 4.22. The SMILES string of the molecule is CC(C)(CCO[P+](=O)OCCC(C)(C)CCS(=O)CCS(=O)CCC(C)(C)CCOP(=O)(O)O)CCS(=O)CCS(=O)CCC(C)(C)CCOP(=O)(O)O. The zero-order valence-corrected chi connectivity index (χ0v) is 39.3. The first-order valence-electron chi connectivity index (χ1n) is 18.0. The van der Waals surface area contributed by atoms with E-state index in [0.29, 0.717) is 97.4 Å². The van der Waals surface area contributed by atoms with E-state index in [1.807, 2.05) is 55.4 Å².